The van der Waals surface area contributed by atoms with Crippen LogP contribution < -0.4 is 0 Å². The quantitative estimate of drug-likeness (QED) is 0.415. The Morgan fingerprint density at radius 3 is 2.67 bits per heavy atom. The van der Waals surface area contributed by atoms with Crippen LogP contribution in [0.4, 0.5) is 0 Å². The maximum Gasteiger partial charge on any atom is 0.173 e. The van der Waals surface area contributed by atoms with Crippen molar-refractivity contribution in [3.8, 4) is 0 Å². The second-order valence-electron chi connectivity index (χ2n) is 5.61. The highest BCUT2D eigenvalue weighted by Gasteiger charge is 2.13. The van der Waals surface area contributed by atoms with Gasteiger partial charge in [0, 0.05) is 17.1 Å². The van der Waals surface area contributed by atoms with Gasteiger partial charge in [-0.3, -0.25) is 4.79 Å². The van der Waals surface area contributed by atoms with Crippen molar-refractivity contribution in [1.82, 2.24) is 9.55 Å². The third-order valence-corrected chi connectivity index (χ3v) is 5.08. The van der Waals surface area contributed by atoms with Gasteiger partial charge in [-0.2, -0.15) is 0 Å². The van der Waals surface area contributed by atoms with E-state index in [9.17, 15) is 4.79 Å². The Labute approximate surface area is 151 Å². The average molecular weight is 359 g/mol. The van der Waals surface area contributed by atoms with Crippen molar-refractivity contribution in [3.05, 3.63) is 59.1 Å². The molecule has 3 nitrogen and oxygen atoms in total. The fraction of sp³-hybridized carbons (Fsp3) is 0.263. The number of Topliss-reactive ketones (excluding diaryl/α,β-unsaturated/α-hetero) is 1. The van der Waals surface area contributed by atoms with Crippen LogP contribution in [-0.2, 0) is 6.54 Å². The lowest BCUT2D eigenvalue weighted by Crippen LogP contribution is -2.05. The molecular formula is C19H19ClN2OS. The largest absolute Gasteiger partial charge is 0.319 e. The Morgan fingerprint density at radius 1 is 1.17 bits per heavy atom. The van der Waals surface area contributed by atoms with Crippen LogP contribution in [0.5, 0.6) is 0 Å². The molecule has 1 heterocycles. The van der Waals surface area contributed by atoms with Gasteiger partial charge in [-0.15, -0.1) is 0 Å². The Morgan fingerprint density at radius 2 is 1.92 bits per heavy atom. The zero-order valence-corrected chi connectivity index (χ0v) is 15.1. The van der Waals surface area contributed by atoms with E-state index in [1.807, 2.05) is 18.2 Å². The van der Waals surface area contributed by atoms with E-state index in [1.165, 1.54) is 11.8 Å². The first-order chi connectivity index (χ1) is 11.7. The number of fused-ring (bicyclic) bond motifs is 1. The third kappa shape index (κ3) is 3.82. The first-order valence-corrected chi connectivity index (χ1v) is 9.42. The van der Waals surface area contributed by atoms with Crippen molar-refractivity contribution in [2.24, 2.45) is 0 Å². The molecule has 3 aromatic rings. The molecule has 2 aromatic carbocycles. The molecule has 0 aliphatic rings. The summed E-state index contributed by atoms with van der Waals surface area (Å²) in [4.78, 5) is 17.1. The summed E-state index contributed by atoms with van der Waals surface area (Å²) in [7, 11) is 0. The molecule has 0 saturated heterocycles. The van der Waals surface area contributed by atoms with Gasteiger partial charge in [-0.1, -0.05) is 48.8 Å². The number of thioether (sulfide) groups is 1. The molecular weight excluding hydrogens is 340 g/mol. The predicted molar refractivity (Wildman–Crippen MR) is 101 cm³/mol. The highest BCUT2D eigenvalue weighted by atomic mass is 35.5. The number of aryl methyl sites for hydroxylation is 1. The monoisotopic (exact) mass is 358 g/mol. The van der Waals surface area contributed by atoms with E-state index in [4.69, 9.17) is 16.6 Å². The summed E-state index contributed by atoms with van der Waals surface area (Å²) < 4.78 is 2.22. The number of hydrogen-bond acceptors (Lipinski definition) is 3. The van der Waals surface area contributed by atoms with Gasteiger partial charge in [-0.25, -0.2) is 4.98 Å². The van der Waals surface area contributed by atoms with E-state index in [1.54, 1.807) is 24.3 Å². The first kappa shape index (κ1) is 17.1. The molecule has 0 fully saturated rings. The van der Waals surface area contributed by atoms with E-state index in [0.717, 1.165) is 35.6 Å². The molecule has 0 aliphatic heterocycles. The lowest BCUT2D eigenvalue weighted by atomic mass is 10.1. The number of para-hydroxylation sites is 2. The molecule has 0 unspecified atom stereocenters. The maximum absolute atomic E-state index is 12.4. The molecule has 0 amide bonds. The maximum atomic E-state index is 12.4. The van der Waals surface area contributed by atoms with Gasteiger partial charge in [0.1, 0.15) is 0 Å². The van der Waals surface area contributed by atoms with Crippen molar-refractivity contribution < 1.29 is 4.79 Å². The van der Waals surface area contributed by atoms with Crippen LogP contribution in [0.1, 0.15) is 30.1 Å². The molecule has 0 spiro atoms. The lowest BCUT2D eigenvalue weighted by Gasteiger charge is -2.08. The smallest absolute Gasteiger partial charge is 0.173 e. The number of unbranched alkanes of at least 4 members (excludes halogenated alkanes) is 1. The van der Waals surface area contributed by atoms with Gasteiger partial charge >= 0.3 is 0 Å². The average Bonchev–Trinajstić information content (AvgIpc) is 2.96. The molecule has 0 aliphatic carbocycles. The number of ketones is 1. The number of hydrogen-bond donors (Lipinski definition) is 0. The SMILES string of the molecule is CCCCn1c(SCC(=O)c2ccc(Cl)cc2)nc2ccccc21. The normalized spacial score (nSPS) is 11.1. The van der Waals surface area contributed by atoms with Crippen molar-refractivity contribution in [1.29, 1.82) is 0 Å². The highest BCUT2D eigenvalue weighted by Crippen LogP contribution is 2.25. The standard InChI is InChI=1S/C19H19ClN2OS/c1-2-3-12-22-17-7-5-4-6-16(17)21-19(22)24-13-18(23)14-8-10-15(20)11-9-14/h4-11H,2-3,12-13H2,1H3. The van der Waals surface area contributed by atoms with Crippen molar-refractivity contribution >= 4 is 40.2 Å². The van der Waals surface area contributed by atoms with Gasteiger partial charge in [0.2, 0.25) is 0 Å². The molecule has 0 saturated carbocycles. The van der Waals surface area contributed by atoms with Gasteiger partial charge in [0.05, 0.1) is 16.8 Å². The van der Waals surface area contributed by atoms with Crippen LogP contribution in [0, 0.1) is 0 Å². The Bertz CT molecular complexity index is 842. The second-order valence-corrected chi connectivity index (χ2v) is 6.99. The van der Waals surface area contributed by atoms with Crippen molar-refractivity contribution in [3.63, 3.8) is 0 Å². The fourth-order valence-corrected chi connectivity index (χ4v) is 3.61. The molecule has 0 atom stereocenters. The van der Waals surface area contributed by atoms with E-state index in [2.05, 4.69) is 17.6 Å². The van der Waals surface area contributed by atoms with E-state index in [-0.39, 0.29) is 5.78 Å². The zero-order valence-electron chi connectivity index (χ0n) is 13.5. The van der Waals surface area contributed by atoms with Crippen LogP contribution in [0.25, 0.3) is 11.0 Å². The minimum atomic E-state index is 0.0887. The zero-order chi connectivity index (χ0) is 16.9. The van der Waals surface area contributed by atoms with E-state index in [0.29, 0.717) is 16.3 Å². The summed E-state index contributed by atoms with van der Waals surface area (Å²) in [5.41, 5.74) is 2.80. The molecule has 0 bridgehead atoms. The number of nitrogens with zero attached hydrogens (tertiary/aromatic N) is 2. The molecule has 5 heteroatoms. The van der Waals surface area contributed by atoms with Crippen LogP contribution in [0.3, 0.4) is 0 Å². The van der Waals surface area contributed by atoms with Crippen LogP contribution in [0.2, 0.25) is 5.02 Å². The summed E-state index contributed by atoms with van der Waals surface area (Å²) in [5.74, 6) is 0.461. The number of carbonyl (C=O) groups excluding carboxylic acids is 1. The molecule has 1 aromatic heterocycles. The number of imidazole rings is 1. The summed E-state index contributed by atoms with van der Waals surface area (Å²) in [6.07, 6.45) is 2.22. The second kappa shape index (κ2) is 7.86. The molecule has 0 N–H and O–H groups in total. The van der Waals surface area contributed by atoms with Crippen LogP contribution in [0.15, 0.2) is 53.7 Å². The summed E-state index contributed by atoms with van der Waals surface area (Å²) in [6, 6.07) is 15.2. The fourth-order valence-electron chi connectivity index (χ4n) is 2.55. The minimum Gasteiger partial charge on any atom is -0.319 e. The van der Waals surface area contributed by atoms with Gasteiger partial charge in [0.25, 0.3) is 0 Å². The predicted octanol–water partition coefficient (Wildman–Crippen LogP) is 5.46. The van der Waals surface area contributed by atoms with E-state index < -0.39 is 0 Å². The Hall–Kier alpha value is -1.78. The number of halogens is 1. The number of benzene rings is 2. The van der Waals surface area contributed by atoms with Crippen LogP contribution >= 0.6 is 23.4 Å². The molecule has 3 rings (SSSR count). The third-order valence-electron chi connectivity index (χ3n) is 3.85. The molecule has 24 heavy (non-hydrogen) atoms. The Kier molecular flexibility index (Phi) is 5.59. The molecule has 124 valence electrons. The van der Waals surface area contributed by atoms with Crippen LogP contribution in [-0.4, -0.2) is 21.1 Å². The van der Waals surface area contributed by atoms with Gasteiger partial charge in [0.15, 0.2) is 10.9 Å². The summed E-state index contributed by atoms with van der Waals surface area (Å²) >= 11 is 7.37. The van der Waals surface area contributed by atoms with Crippen molar-refractivity contribution in [2.75, 3.05) is 5.75 Å². The minimum absolute atomic E-state index is 0.0887. The topological polar surface area (TPSA) is 34.9 Å². The Balaban J connectivity index is 1.78. The number of carbonyl (C=O) groups is 1. The lowest BCUT2D eigenvalue weighted by molar-refractivity contribution is 0.102. The van der Waals surface area contributed by atoms with E-state index >= 15 is 0 Å². The highest BCUT2D eigenvalue weighted by molar-refractivity contribution is 7.99. The summed E-state index contributed by atoms with van der Waals surface area (Å²) in [5, 5.41) is 1.55. The number of aromatic nitrogens is 2. The van der Waals surface area contributed by atoms with Gasteiger partial charge < -0.3 is 4.57 Å². The number of rotatable bonds is 7. The van der Waals surface area contributed by atoms with Gasteiger partial charge in [-0.05, 0) is 42.8 Å². The molecule has 0 radical (unpaired) electrons. The first-order valence-electron chi connectivity index (χ1n) is 8.06. The summed E-state index contributed by atoms with van der Waals surface area (Å²) in [6.45, 7) is 3.10. The van der Waals surface area contributed by atoms with Crippen molar-refractivity contribution in [2.45, 2.75) is 31.5 Å².